The van der Waals surface area contributed by atoms with E-state index in [2.05, 4.69) is 15.1 Å². The first kappa shape index (κ1) is 16.8. The topological polar surface area (TPSA) is 110 Å². The predicted molar refractivity (Wildman–Crippen MR) is 95.6 cm³/mol. The van der Waals surface area contributed by atoms with Gasteiger partial charge in [0.1, 0.15) is 5.75 Å². The maximum Gasteiger partial charge on any atom is 0.332 e. The number of nitrogens with zero attached hydrogens (tertiary/aromatic N) is 6. The van der Waals surface area contributed by atoms with Gasteiger partial charge in [0, 0.05) is 19.7 Å². The Hall–Kier alpha value is -3.69. The number of fused-ring (bicyclic) bond motifs is 1. The summed E-state index contributed by atoms with van der Waals surface area (Å²) >= 11 is 0. The Kier molecular flexibility index (Phi) is 3.87. The minimum absolute atomic E-state index is 0.184. The number of aryl methyl sites for hydroxylation is 1. The molecule has 3 aromatic heterocycles. The van der Waals surface area contributed by atoms with Gasteiger partial charge in [0.05, 0.1) is 20.0 Å². The molecule has 1 aromatic carbocycles. The summed E-state index contributed by atoms with van der Waals surface area (Å²) in [4.78, 5) is 33.0. The number of methoxy groups -OCH3 is 1. The number of hydrogen-bond acceptors (Lipinski definition) is 7. The minimum Gasteiger partial charge on any atom is -0.497 e. The Bertz CT molecular complexity index is 1250. The van der Waals surface area contributed by atoms with Gasteiger partial charge in [-0.3, -0.25) is 13.9 Å². The van der Waals surface area contributed by atoms with Gasteiger partial charge in [0.25, 0.3) is 11.4 Å². The lowest BCUT2D eigenvalue weighted by molar-refractivity contribution is 0.413. The van der Waals surface area contributed by atoms with Crippen molar-refractivity contribution in [1.29, 1.82) is 0 Å². The van der Waals surface area contributed by atoms with Crippen LogP contribution in [-0.2, 0) is 20.6 Å². The Morgan fingerprint density at radius 3 is 2.56 bits per heavy atom. The molecule has 0 atom stereocenters. The van der Waals surface area contributed by atoms with Gasteiger partial charge in [-0.05, 0) is 24.3 Å². The Balaban J connectivity index is 1.70. The molecule has 4 aromatic rings. The zero-order valence-electron chi connectivity index (χ0n) is 14.9. The van der Waals surface area contributed by atoms with Crippen LogP contribution in [0.5, 0.6) is 5.75 Å². The monoisotopic (exact) mass is 368 g/mol. The molecule has 138 valence electrons. The van der Waals surface area contributed by atoms with Crippen LogP contribution in [0.25, 0.3) is 22.6 Å². The standard InChI is InChI=1S/C17H16N6O4/c1-21-14-13(16(24)22(2)17(21)25)23(9-18-14)8-12-19-15(27-20-12)10-4-6-11(26-3)7-5-10/h4-7,9H,8H2,1-3H3. The molecule has 0 aliphatic carbocycles. The van der Waals surface area contributed by atoms with Crippen LogP contribution in [0.1, 0.15) is 5.82 Å². The van der Waals surface area contributed by atoms with Crippen LogP contribution in [0.2, 0.25) is 0 Å². The Morgan fingerprint density at radius 1 is 1.11 bits per heavy atom. The van der Waals surface area contributed by atoms with E-state index >= 15 is 0 Å². The van der Waals surface area contributed by atoms with Crippen molar-refractivity contribution in [2.45, 2.75) is 6.54 Å². The lowest BCUT2D eigenvalue weighted by Crippen LogP contribution is -2.37. The summed E-state index contributed by atoms with van der Waals surface area (Å²) in [5, 5.41) is 3.97. The Labute approximate surface area is 152 Å². The lowest BCUT2D eigenvalue weighted by atomic mass is 10.2. The second kappa shape index (κ2) is 6.24. The molecule has 0 aliphatic rings. The van der Waals surface area contributed by atoms with Gasteiger partial charge in [-0.25, -0.2) is 9.78 Å². The van der Waals surface area contributed by atoms with E-state index in [1.54, 1.807) is 30.9 Å². The number of rotatable bonds is 4. The van der Waals surface area contributed by atoms with Crippen molar-refractivity contribution in [3.63, 3.8) is 0 Å². The van der Waals surface area contributed by atoms with Gasteiger partial charge >= 0.3 is 5.69 Å². The largest absolute Gasteiger partial charge is 0.497 e. The number of hydrogen-bond donors (Lipinski definition) is 0. The average Bonchev–Trinajstić information content (AvgIpc) is 3.32. The van der Waals surface area contributed by atoms with Gasteiger partial charge in [-0.2, -0.15) is 4.98 Å². The van der Waals surface area contributed by atoms with Crippen LogP contribution in [0.3, 0.4) is 0 Å². The van der Waals surface area contributed by atoms with Gasteiger partial charge in [0.15, 0.2) is 17.0 Å². The molecule has 10 heteroatoms. The molecule has 0 bridgehead atoms. The molecule has 0 aliphatic heterocycles. The van der Waals surface area contributed by atoms with Gasteiger partial charge < -0.3 is 13.8 Å². The molecule has 0 saturated heterocycles. The van der Waals surface area contributed by atoms with Crippen LogP contribution < -0.4 is 16.0 Å². The summed E-state index contributed by atoms with van der Waals surface area (Å²) in [5.74, 6) is 1.47. The van der Waals surface area contributed by atoms with Crippen LogP contribution in [0.4, 0.5) is 0 Å². The quantitative estimate of drug-likeness (QED) is 0.517. The first-order valence-corrected chi connectivity index (χ1v) is 8.07. The second-order valence-corrected chi connectivity index (χ2v) is 5.99. The summed E-state index contributed by atoms with van der Waals surface area (Å²) in [5.41, 5.74) is 0.504. The SMILES string of the molecule is COc1ccc(-c2nc(Cn3cnc4c3c(=O)n(C)c(=O)n4C)no2)cc1. The van der Waals surface area contributed by atoms with E-state index in [9.17, 15) is 9.59 Å². The number of ether oxygens (including phenoxy) is 1. The van der Waals surface area contributed by atoms with Crippen molar-refractivity contribution in [2.75, 3.05) is 7.11 Å². The molecule has 0 N–H and O–H groups in total. The first-order valence-electron chi connectivity index (χ1n) is 8.07. The summed E-state index contributed by atoms with van der Waals surface area (Å²) < 4.78 is 14.4. The molecule has 0 spiro atoms. The van der Waals surface area contributed by atoms with Crippen LogP contribution in [0.15, 0.2) is 44.7 Å². The molecule has 0 amide bonds. The number of imidazole rings is 1. The minimum atomic E-state index is -0.431. The lowest BCUT2D eigenvalue weighted by Gasteiger charge is -2.04. The van der Waals surface area contributed by atoms with Crippen molar-refractivity contribution < 1.29 is 9.26 Å². The molecular formula is C17H16N6O4. The van der Waals surface area contributed by atoms with Crippen molar-refractivity contribution >= 4 is 11.2 Å². The van der Waals surface area contributed by atoms with Gasteiger partial charge in [0.2, 0.25) is 0 Å². The highest BCUT2D eigenvalue weighted by Gasteiger charge is 2.16. The fourth-order valence-corrected chi connectivity index (χ4v) is 2.84. The molecule has 0 unspecified atom stereocenters. The fraction of sp³-hybridized carbons (Fsp3) is 0.235. The molecule has 0 fully saturated rings. The van der Waals surface area contributed by atoms with Crippen LogP contribution in [-0.4, -0.2) is 35.9 Å². The van der Waals surface area contributed by atoms with Crippen molar-refractivity contribution in [2.24, 2.45) is 14.1 Å². The summed E-state index contributed by atoms with van der Waals surface area (Å²) in [6.45, 7) is 0.184. The van der Waals surface area contributed by atoms with E-state index in [1.165, 1.54) is 17.9 Å². The third-order valence-electron chi connectivity index (χ3n) is 4.33. The van der Waals surface area contributed by atoms with Crippen molar-refractivity contribution in [3.8, 4) is 17.2 Å². The third kappa shape index (κ3) is 2.71. The van der Waals surface area contributed by atoms with Crippen LogP contribution in [0, 0.1) is 0 Å². The van der Waals surface area contributed by atoms with E-state index in [1.807, 2.05) is 12.1 Å². The highest BCUT2D eigenvalue weighted by molar-refractivity contribution is 5.70. The third-order valence-corrected chi connectivity index (χ3v) is 4.33. The van der Waals surface area contributed by atoms with Gasteiger partial charge in [-0.15, -0.1) is 0 Å². The summed E-state index contributed by atoms with van der Waals surface area (Å²) in [7, 11) is 4.59. The Morgan fingerprint density at radius 2 is 1.85 bits per heavy atom. The van der Waals surface area contributed by atoms with E-state index in [0.717, 1.165) is 15.9 Å². The normalized spacial score (nSPS) is 11.2. The highest BCUT2D eigenvalue weighted by atomic mass is 16.5. The first-order chi connectivity index (χ1) is 13.0. The summed E-state index contributed by atoms with van der Waals surface area (Å²) in [6, 6.07) is 7.22. The van der Waals surface area contributed by atoms with E-state index in [-0.39, 0.29) is 6.54 Å². The van der Waals surface area contributed by atoms with E-state index < -0.39 is 11.2 Å². The van der Waals surface area contributed by atoms with Crippen molar-refractivity contribution in [3.05, 3.63) is 57.3 Å². The molecule has 10 nitrogen and oxygen atoms in total. The molecular weight excluding hydrogens is 352 g/mol. The average molecular weight is 368 g/mol. The highest BCUT2D eigenvalue weighted by Crippen LogP contribution is 2.21. The van der Waals surface area contributed by atoms with Gasteiger partial charge in [-0.1, -0.05) is 5.16 Å². The molecule has 27 heavy (non-hydrogen) atoms. The second-order valence-electron chi connectivity index (χ2n) is 5.99. The molecule has 3 heterocycles. The summed E-state index contributed by atoms with van der Waals surface area (Å²) in [6.07, 6.45) is 1.48. The fourth-order valence-electron chi connectivity index (χ4n) is 2.84. The van der Waals surface area contributed by atoms with Crippen LogP contribution >= 0.6 is 0 Å². The maximum absolute atomic E-state index is 12.5. The van der Waals surface area contributed by atoms with E-state index in [4.69, 9.17) is 9.26 Å². The van der Waals surface area contributed by atoms with E-state index in [0.29, 0.717) is 22.9 Å². The molecule has 0 saturated carbocycles. The zero-order valence-corrected chi connectivity index (χ0v) is 14.9. The number of benzene rings is 1. The predicted octanol–water partition coefficient (Wildman–Crippen LogP) is 0.541. The molecule has 4 rings (SSSR count). The maximum atomic E-state index is 12.5. The smallest absolute Gasteiger partial charge is 0.332 e. The molecule has 0 radical (unpaired) electrons. The van der Waals surface area contributed by atoms with Crippen molar-refractivity contribution in [1.82, 2.24) is 28.8 Å². The zero-order chi connectivity index (χ0) is 19.1. The number of aromatic nitrogens is 6.